The van der Waals surface area contributed by atoms with Gasteiger partial charge >= 0.3 is 6.03 Å². The summed E-state index contributed by atoms with van der Waals surface area (Å²) >= 11 is 1.48. The maximum atomic E-state index is 13.7. The summed E-state index contributed by atoms with van der Waals surface area (Å²) in [5.74, 6) is 1.12. The molecule has 6 rings (SSSR count). The van der Waals surface area contributed by atoms with Gasteiger partial charge in [-0.2, -0.15) is 0 Å². The van der Waals surface area contributed by atoms with Gasteiger partial charge in [-0.05, 0) is 68.6 Å². The fraction of sp³-hybridized carbons (Fsp3) is 0.387. The smallest absolute Gasteiger partial charge is 0.326 e. The van der Waals surface area contributed by atoms with Gasteiger partial charge in [-0.1, -0.05) is 36.0 Å². The predicted molar refractivity (Wildman–Crippen MR) is 163 cm³/mol. The third kappa shape index (κ3) is 5.64. The number of urea groups is 1. The van der Waals surface area contributed by atoms with Gasteiger partial charge in [-0.3, -0.25) is 14.5 Å². The van der Waals surface area contributed by atoms with Crippen molar-refractivity contribution in [1.82, 2.24) is 20.9 Å². The van der Waals surface area contributed by atoms with E-state index in [4.69, 9.17) is 10.5 Å². The number of benzene rings is 2. The Hall–Kier alpha value is -3.80. The van der Waals surface area contributed by atoms with Gasteiger partial charge in [0.15, 0.2) is 0 Å². The van der Waals surface area contributed by atoms with E-state index in [-0.39, 0.29) is 41.2 Å². The van der Waals surface area contributed by atoms with Crippen LogP contribution >= 0.6 is 11.8 Å². The minimum atomic E-state index is -0.236. The molecule has 0 spiro atoms. The highest BCUT2D eigenvalue weighted by atomic mass is 32.2. The van der Waals surface area contributed by atoms with Crippen molar-refractivity contribution in [3.63, 3.8) is 0 Å². The van der Waals surface area contributed by atoms with Gasteiger partial charge in [0.05, 0.1) is 16.3 Å². The second-order valence-electron chi connectivity index (χ2n) is 11.0. The molecule has 0 aliphatic carbocycles. The molecule has 11 heteroatoms. The van der Waals surface area contributed by atoms with Crippen LogP contribution in [0.1, 0.15) is 24.8 Å². The highest BCUT2D eigenvalue weighted by molar-refractivity contribution is 8.04. The van der Waals surface area contributed by atoms with Crippen LogP contribution in [0.2, 0.25) is 0 Å². The van der Waals surface area contributed by atoms with Crippen molar-refractivity contribution >= 4 is 35.3 Å². The van der Waals surface area contributed by atoms with Crippen LogP contribution in [0.5, 0.6) is 11.5 Å². The highest BCUT2D eigenvalue weighted by Gasteiger charge is 2.52. The fourth-order valence-corrected chi connectivity index (χ4v) is 7.71. The third-order valence-corrected chi connectivity index (χ3v) is 9.57. The first-order valence-electron chi connectivity index (χ1n) is 14.5. The minimum Gasteiger partial charge on any atom is -0.457 e. The Bertz CT molecular complexity index is 1430. The zero-order chi connectivity index (χ0) is 29.2. The Kier molecular flexibility index (Phi) is 8.23. The third-order valence-electron chi connectivity index (χ3n) is 8.22. The molecule has 5 N–H and O–H groups in total. The minimum absolute atomic E-state index is 0.0191. The van der Waals surface area contributed by atoms with Gasteiger partial charge in [0.1, 0.15) is 11.5 Å². The lowest BCUT2D eigenvalue weighted by molar-refractivity contribution is -0.128. The molecule has 2 aromatic rings. The first-order valence-corrected chi connectivity index (χ1v) is 15.3. The molecular weight excluding hydrogens is 552 g/mol. The number of likely N-dealkylation sites (tertiary alicyclic amines) is 1. The van der Waals surface area contributed by atoms with Crippen molar-refractivity contribution in [2.24, 2.45) is 11.7 Å². The van der Waals surface area contributed by atoms with E-state index >= 15 is 0 Å². The first kappa shape index (κ1) is 28.3. The summed E-state index contributed by atoms with van der Waals surface area (Å²) in [4.78, 5) is 43.8. The lowest BCUT2D eigenvalue weighted by Crippen LogP contribution is -2.62. The molecule has 220 valence electrons. The molecule has 2 aromatic carbocycles. The Morgan fingerprint density at radius 3 is 2.79 bits per heavy atom. The standard InChI is InChI=1S/C31H36N6O4S/c1-19-17-22(41-21-8-3-2-4-9-21)11-12-23(19)37-24-13-15-33-30-26(24)27(35-31(37)40)28(42-30)29(39)34-20-7-6-16-36(18-20)25(38)10-5-14-32/h2-5,8-12,17,20,24,26,30,33H,6-7,13-16,18,32H2,1H3,(H,34,39)(H,35,40)/b10-5+/t20-,24?,26?,30?/m1/s1. The van der Waals surface area contributed by atoms with Crippen LogP contribution in [-0.2, 0) is 9.59 Å². The monoisotopic (exact) mass is 588 g/mol. The maximum Gasteiger partial charge on any atom is 0.326 e. The molecule has 4 amide bonds. The number of piperidine rings is 2. The Labute approximate surface area is 249 Å². The Morgan fingerprint density at radius 2 is 2.00 bits per heavy atom. The van der Waals surface area contributed by atoms with Gasteiger partial charge in [0.25, 0.3) is 5.91 Å². The molecule has 4 aliphatic heterocycles. The van der Waals surface area contributed by atoms with Crippen LogP contribution in [0.4, 0.5) is 10.5 Å². The number of thioether (sulfide) groups is 1. The first-order chi connectivity index (χ1) is 20.4. The average Bonchev–Trinajstić information content (AvgIpc) is 3.37. The van der Waals surface area contributed by atoms with Crippen molar-refractivity contribution in [3.8, 4) is 11.5 Å². The lowest BCUT2D eigenvalue weighted by Gasteiger charge is -2.46. The molecule has 0 saturated carbocycles. The second-order valence-corrected chi connectivity index (χ2v) is 12.2. The van der Waals surface area contributed by atoms with Crippen molar-refractivity contribution in [2.45, 2.75) is 43.6 Å². The molecule has 4 aliphatic rings. The van der Waals surface area contributed by atoms with Gasteiger partial charge < -0.3 is 31.3 Å². The summed E-state index contributed by atoms with van der Waals surface area (Å²) in [5, 5.41) is 9.76. The summed E-state index contributed by atoms with van der Waals surface area (Å²) < 4.78 is 6.00. The van der Waals surface area contributed by atoms with E-state index in [0.717, 1.165) is 42.8 Å². The number of nitrogens with zero attached hydrogens (tertiary/aromatic N) is 2. The Balaban J connectivity index is 1.19. The van der Waals surface area contributed by atoms with E-state index in [0.29, 0.717) is 36.0 Å². The number of para-hydroxylation sites is 1. The number of aryl methyl sites for hydroxylation is 1. The summed E-state index contributed by atoms with van der Waals surface area (Å²) in [6.45, 7) is 4.14. The SMILES string of the molecule is Cc1cc(Oc2ccccc2)ccc1N1C(=O)NC2=C(C(=O)N[C@@H]3CCCN(C(=O)/C=C/CN)C3)SC3NCCC1C23. The Morgan fingerprint density at radius 1 is 1.17 bits per heavy atom. The summed E-state index contributed by atoms with van der Waals surface area (Å²) in [5.41, 5.74) is 7.94. The molecule has 0 aromatic heterocycles. The summed E-state index contributed by atoms with van der Waals surface area (Å²) in [7, 11) is 0. The molecule has 0 radical (unpaired) electrons. The molecule has 3 fully saturated rings. The highest BCUT2D eigenvalue weighted by Crippen LogP contribution is 2.48. The van der Waals surface area contributed by atoms with Crippen molar-refractivity contribution in [1.29, 1.82) is 0 Å². The fourth-order valence-electron chi connectivity index (χ4n) is 6.31. The molecule has 3 unspecified atom stereocenters. The van der Waals surface area contributed by atoms with E-state index in [2.05, 4.69) is 16.0 Å². The molecule has 10 nitrogen and oxygen atoms in total. The molecule has 0 bridgehead atoms. The average molecular weight is 589 g/mol. The number of amides is 4. The van der Waals surface area contributed by atoms with Gasteiger partial charge in [0.2, 0.25) is 5.91 Å². The molecular formula is C31H36N6O4S. The van der Waals surface area contributed by atoms with Crippen molar-refractivity contribution in [3.05, 3.63) is 76.8 Å². The number of carbonyl (C=O) groups excluding carboxylic acids is 3. The van der Waals surface area contributed by atoms with E-state index in [1.165, 1.54) is 17.8 Å². The van der Waals surface area contributed by atoms with Gasteiger partial charge in [-0.25, -0.2) is 4.79 Å². The van der Waals surface area contributed by atoms with Crippen LogP contribution < -0.4 is 31.3 Å². The molecule has 4 atom stereocenters. The number of anilines is 1. The van der Waals surface area contributed by atoms with Crippen LogP contribution in [0.15, 0.2) is 71.3 Å². The topological polar surface area (TPSA) is 129 Å². The van der Waals surface area contributed by atoms with E-state index in [9.17, 15) is 14.4 Å². The van der Waals surface area contributed by atoms with Crippen LogP contribution in [0.3, 0.4) is 0 Å². The van der Waals surface area contributed by atoms with E-state index in [1.54, 1.807) is 11.0 Å². The summed E-state index contributed by atoms with van der Waals surface area (Å²) in [6.07, 6.45) is 5.50. The largest absolute Gasteiger partial charge is 0.457 e. The lowest BCUT2D eigenvalue weighted by atomic mass is 9.86. The van der Waals surface area contributed by atoms with Gasteiger partial charge in [0, 0.05) is 49.1 Å². The molecule has 3 saturated heterocycles. The number of hydrogen-bond acceptors (Lipinski definition) is 7. The number of carbonyl (C=O) groups is 3. The second kappa shape index (κ2) is 12.2. The maximum absolute atomic E-state index is 13.7. The zero-order valence-electron chi connectivity index (χ0n) is 23.5. The number of nitrogens with two attached hydrogens (primary N) is 1. The molecule has 4 heterocycles. The normalized spacial score (nSPS) is 25.3. The number of ether oxygens (including phenoxy) is 1. The van der Waals surface area contributed by atoms with Crippen molar-refractivity contribution in [2.75, 3.05) is 31.1 Å². The van der Waals surface area contributed by atoms with Crippen LogP contribution in [0.25, 0.3) is 0 Å². The van der Waals surface area contributed by atoms with Crippen molar-refractivity contribution < 1.29 is 19.1 Å². The van der Waals surface area contributed by atoms with E-state index < -0.39 is 0 Å². The number of hydrogen-bond donors (Lipinski definition) is 4. The number of rotatable bonds is 7. The van der Waals surface area contributed by atoms with Gasteiger partial charge in [-0.15, -0.1) is 0 Å². The predicted octanol–water partition coefficient (Wildman–Crippen LogP) is 3.20. The van der Waals surface area contributed by atoms with Crippen LogP contribution in [0, 0.1) is 12.8 Å². The summed E-state index contributed by atoms with van der Waals surface area (Å²) in [6, 6.07) is 14.9. The molecule has 42 heavy (non-hydrogen) atoms. The van der Waals surface area contributed by atoms with Crippen LogP contribution in [-0.4, -0.2) is 66.4 Å². The zero-order valence-corrected chi connectivity index (χ0v) is 24.4. The quantitative estimate of drug-likeness (QED) is 0.366. The van der Waals surface area contributed by atoms with E-state index in [1.807, 2.05) is 60.4 Å². The number of nitrogens with one attached hydrogen (secondary N) is 3.